The summed E-state index contributed by atoms with van der Waals surface area (Å²) in [6, 6.07) is 8.99. The van der Waals surface area contributed by atoms with E-state index in [-0.39, 0.29) is 16.5 Å². The Morgan fingerprint density at radius 3 is 2.78 bits per heavy atom. The van der Waals surface area contributed by atoms with Gasteiger partial charge in [0.25, 0.3) is 5.91 Å². The van der Waals surface area contributed by atoms with E-state index in [9.17, 15) is 9.18 Å². The first-order valence-electron chi connectivity index (χ1n) is 4.95. The van der Waals surface area contributed by atoms with Gasteiger partial charge in [0.1, 0.15) is 16.8 Å². The first kappa shape index (κ1) is 13.0. The summed E-state index contributed by atoms with van der Waals surface area (Å²) in [6.07, 6.45) is 0. The molecular weight excluding hydrogens is 322 g/mol. The van der Waals surface area contributed by atoms with Crippen molar-refractivity contribution in [2.24, 2.45) is 0 Å². The van der Waals surface area contributed by atoms with Crippen LogP contribution < -0.4 is 5.32 Å². The fourth-order valence-electron chi connectivity index (χ4n) is 1.34. The van der Waals surface area contributed by atoms with E-state index < -0.39 is 11.7 Å². The van der Waals surface area contributed by atoms with Gasteiger partial charge in [-0.2, -0.15) is 0 Å². The summed E-state index contributed by atoms with van der Waals surface area (Å²) in [6.45, 7) is 0. The Hall–Kier alpha value is -1.46. The number of anilines is 1. The van der Waals surface area contributed by atoms with Crippen molar-refractivity contribution in [3.05, 3.63) is 57.4 Å². The molecule has 0 spiro atoms. The van der Waals surface area contributed by atoms with Crippen LogP contribution in [0.3, 0.4) is 0 Å². The Bertz CT molecular complexity index is 606. The summed E-state index contributed by atoms with van der Waals surface area (Å²) < 4.78 is 14.1. The molecule has 2 aromatic rings. The number of hydrogen-bond acceptors (Lipinski definition) is 2. The number of carbonyl (C=O) groups is 1. The summed E-state index contributed by atoms with van der Waals surface area (Å²) in [7, 11) is 0. The minimum Gasteiger partial charge on any atom is -0.306 e. The predicted octanol–water partition coefficient (Wildman–Crippen LogP) is 3.89. The lowest BCUT2D eigenvalue weighted by molar-refractivity contribution is 0.102. The van der Waals surface area contributed by atoms with Gasteiger partial charge in [0.15, 0.2) is 0 Å². The zero-order valence-electron chi connectivity index (χ0n) is 8.95. The number of hydrogen-bond donors (Lipinski definition) is 1. The van der Waals surface area contributed by atoms with Crippen molar-refractivity contribution in [2.45, 2.75) is 0 Å². The fourth-order valence-corrected chi connectivity index (χ4v) is 1.83. The van der Waals surface area contributed by atoms with Crippen molar-refractivity contribution in [2.75, 3.05) is 5.32 Å². The monoisotopic (exact) mass is 328 g/mol. The molecule has 92 valence electrons. The molecule has 1 heterocycles. The average Bonchev–Trinajstić information content (AvgIpc) is 2.28. The highest BCUT2D eigenvalue weighted by molar-refractivity contribution is 9.10. The van der Waals surface area contributed by atoms with E-state index in [0.29, 0.717) is 4.47 Å². The molecule has 1 aromatic heterocycles. The number of carbonyl (C=O) groups excluding carboxylic acids is 1. The number of halogens is 3. The van der Waals surface area contributed by atoms with E-state index in [0.717, 1.165) is 0 Å². The van der Waals surface area contributed by atoms with Gasteiger partial charge in [-0.05, 0) is 30.3 Å². The van der Waals surface area contributed by atoms with Crippen LogP contribution in [0.2, 0.25) is 5.15 Å². The minimum absolute atomic E-state index is 0.0556. The van der Waals surface area contributed by atoms with E-state index in [1.807, 2.05) is 0 Å². The highest BCUT2D eigenvalue weighted by atomic mass is 79.9. The third-order valence-corrected chi connectivity index (χ3v) is 2.84. The van der Waals surface area contributed by atoms with Crippen LogP contribution in [0.1, 0.15) is 10.4 Å². The van der Waals surface area contributed by atoms with Gasteiger partial charge < -0.3 is 5.32 Å². The second-order valence-corrected chi connectivity index (χ2v) is 4.73. The van der Waals surface area contributed by atoms with Crippen molar-refractivity contribution in [1.29, 1.82) is 0 Å². The number of amides is 1. The Kier molecular flexibility index (Phi) is 3.93. The zero-order chi connectivity index (χ0) is 13.1. The molecule has 0 aliphatic rings. The number of aromatic nitrogens is 1. The van der Waals surface area contributed by atoms with Crippen LogP contribution in [0.25, 0.3) is 0 Å². The van der Waals surface area contributed by atoms with E-state index in [1.54, 1.807) is 24.3 Å². The van der Waals surface area contributed by atoms with Crippen molar-refractivity contribution in [1.82, 2.24) is 4.98 Å². The van der Waals surface area contributed by atoms with Crippen LogP contribution >= 0.6 is 27.5 Å². The average molecular weight is 330 g/mol. The van der Waals surface area contributed by atoms with Gasteiger partial charge in [0, 0.05) is 4.47 Å². The molecule has 0 bridgehead atoms. The molecule has 0 aliphatic carbocycles. The van der Waals surface area contributed by atoms with Crippen LogP contribution in [0, 0.1) is 5.82 Å². The molecule has 0 saturated carbocycles. The zero-order valence-corrected chi connectivity index (χ0v) is 11.3. The van der Waals surface area contributed by atoms with Crippen LogP contribution in [-0.2, 0) is 0 Å². The lowest BCUT2D eigenvalue weighted by atomic mass is 10.2. The summed E-state index contributed by atoms with van der Waals surface area (Å²) >= 11 is 8.80. The molecule has 1 aromatic carbocycles. The molecular formula is C12H7BrClFN2O. The summed E-state index contributed by atoms with van der Waals surface area (Å²) in [5.74, 6) is -0.909. The number of benzene rings is 1. The Morgan fingerprint density at radius 2 is 2.11 bits per heavy atom. The third-order valence-electron chi connectivity index (χ3n) is 2.13. The number of rotatable bonds is 2. The van der Waals surface area contributed by atoms with Gasteiger partial charge in [0.05, 0.1) is 5.56 Å². The largest absolute Gasteiger partial charge is 0.306 e. The molecule has 2 rings (SSSR count). The van der Waals surface area contributed by atoms with E-state index in [4.69, 9.17) is 11.6 Å². The maximum atomic E-state index is 13.5. The highest BCUT2D eigenvalue weighted by Crippen LogP contribution is 2.17. The predicted molar refractivity (Wildman–Crippen MR) is 71.3 cm³/mol. The molecule has 0 unspecified atom stereocenters. The quantitative estimate of drug-likeness (QED) is 0.849. The fraction of sp³-hybridized carbons (Fsp3) is 0. The number of pyridine rings is 1. The maximum Gasteiger partial charge on any atom is 0.259 e. The molecule has 0 atom stereocenters. The van der Waals surface area contributed by atoms with Gasteiger partial charge in [-0.15, -0.1) is 0 Å². The maximum absolute atomic E-state index is 13.5. The van der Waals surface area contributed by atoms with Gasteiger partial charge in [-0.25, -0.2) is 9.37 Å². The molecule has 0 radical (unpaired) electrons. The lowest BCUT2D eigenvalue weighted by Crippen LogP contribution is -2.14. The molecule has 0 fully saturated rings. The molecule has 0 saturated heterocycles. The van der Waals surface area contributed by atoms with Crippen LogP contribution in [-0.4, -0.2) is 10.9 Å². The first-order chi connectivity index (χ1) is 8.56. The van der Waals surface area contributed by atoms with Crippen LogP contribution in [0.15, 0.2) is 40.9 Å². The standard InChI is InChI=1S/C12H7BrClFN2O/c13-7-4-5-8(9(15)6-7)12(18)17-11-3-1-2-10(14)16-11/h1-6H,(H,16,17,18). The molecule has 6 heteroatoms. The summed E-state index contributed by atoms with van der Waals surface area (Å²) in [5.41, 5.74) is -0.0556. The smallest absolute Gasteiger partial charge is 0.259 e. The van der Waals surface area contributed by atoms with E-state index in [1.165, 1.54) is 12.1 Å². The second-order valence-electron chi connectivity index (χ2n) is 3.42. The topological polar surface area (TPSA) is 42.0 Å². The summed E-state index contributed by atoms with van der Waals surface area (Å²) in [5, 5.41) is 2.72. The second kappa shape index (κ2) is 5.46. The van der Waals surface area contributed by atoms with Crippen molar-refractivity contribution in [3.8, 4) is 0 Å². The molecule has 0 aliphatic heterocycles. The van der Waals surface area contributed by atoms with E-state index in [2.05, 4.69) is 26.2 Å². The van der Waals surface area contributed by atoms with Gasteiger partial charge in [-0.3, -0.25) is 4.79 Å². The van der Waals surface area contributed by atoms with Crippen molar-refractivity contribution in [3.63, 3.8) is 0 Å². The first-order valence-corrected chi connectivity index (χ1v) is 6.12. The van der Waals surface area contributed by atoms with Crippen LogP contribution in [0.4, 0.5) is 10.2 Å². The van der Waals surface area contributed by atoms with E-state index >= 15 is 0 Å². The lowest BCUT2D eigenvalue weighted by Gasteiger charge is -2.05. The van der Waals surface area contributed by atoms with Crippen molar-refractivity contribution >= 4 is 39.3 Å². The third kappa shape index (κ3) is 3.05. The van der Waals surface area contributed by atoms with Crippen LogP contribution in [0.5, 0.6) is 0 Å². The SMILES string of the molecule is O=C(Nc1cccc(Cl)n1)c1ccc(Br)cc1F. The Balaban J connectivity index is 2.22. The molecule has 1 N–H and O–H groups in total. The van der Waals surface area contributed by atoms with Gasteiger partial charge >= 0.3 is 0 Å². The van der Waals surface area contributed by atoms with Gasteiger partial charge in [-0.1, -0.05) is 33.6 Å². The Morgan fingerprint density at radius 1 is 1.33 bits per heavy atom. The summed E-state index contributed by atoms with van der Waals surface area (Å²) in [4.78, 5) is 15.7. The Labute approximate surface area is 116 Å². The molecule has 3 nitrogen and oxygen atoms in total. The van der Waals surface area contributed by atoms with Gasteiger partial charge in [0.2, 0.25) is 0 Å². The molecule has 1 amide bonds. The molecule has 18 heavy (non-hydrogen) atoms. The minimum atomic E-state index is -0.607. The number of nitrogens with zero attached hydrogens (tertiary/aromatic N) is 1. The normalized spacial score (nSPS) is 10.2. The number of nitrogens with one attached hydrogen (secondary N) is 1. The van der Waals surface area contributed by atoms with Crippen molar-refractivity contribution < 1.29 is 9.18 Å². The highest BCUT2D eigenvalue weighted by Gasteiger charge is 2.12.